The monoisotopic (exact) mass is 1390 g/mol. The summed E-state index contributed by atoms with van der Waals surface area (Å²) in [4.78, 5) is 32.5. The number of phenols is 3. The summed E-state index contributed by atoms with van der Waals surface area (Å²) >= 11 is 12.0. The Labute approximate surface area is 382 Å². The summed E-state index contributed by atoms with van der Waals surface area (Å²) in [5.74, 6) is -0.860. The maximum Gasteiger partial charge on any atom is 0.322 e. The average molecular weight is 1390 g/mol. The summed E-state index contributed by atoms with van der Waals surface area (Å²) in [5.41, 5.74) is 8.19. The van der Waals surface area contributed by atoms with Gasteiger partial charge in [-0.25, -0.2) is 3.53 Å². The number of phenolic OH excluding ortho intramolecular Hbond substituents is 3. The number of aromatic hydroxyl groups is 3. The predicted molar refractivity (Wildman–Crippen MR) is 246 cm³/mol. The number of nitrogens with zero attached hydrogens (tertiary/aromatic N) is 1. The maximum absolute atomic E-state index is 10.9. The number of carbonyl (C=O) groups is 3. The Hall–Kier alpha value is -1.25. The summed E-state index contributed by atoms with van der Waals surface area (Å²) in [6.07, 6.45) is 1.08. The summed E-state index contributed by atoms with van der Waals surface area (Å²) < 4.78 is 12.6. The van der Waals surface area contributed by atoms with Gasteiger partial charge in [-0.1, -0.05) is 24.3 Å². The van der Waals surface area contributed by atoms with Crippen LogP contribution < -0.4 is 14.0 Å². The number of carboxylic acids is 3. The van der Waals surface area contributed by atoms with E-state index in [0.29, 0.717) is 27.9 Å². The molecule has 0 radical (unpaired) electrons. The lowest BCUT2D eigenvalue weighted by atomic mass is 10.1. The second-order valence-electron chi connectivity index (χ2n) is 10.6. The van der Waals surface area contributed by atoms with E-state index in [-0.39, 0.29) is 23.7 Å². The minimum Gasteiger partial charge on any atom is -0.508 e. The first kappa shape index (κ1) is 46.9. The molecule has 0 heterocycles. The molecule has 0 aromatic heterocycles. The van der Waals surface area contributed by atoms with E-state index in [1.165, 1.54) is 0 Å². The molecule has 0 aliphatic rings. The van der Waals surface area contributed by atoms with Gasteiger partial charge < -0.3 is 41.1 Å². The van der Waals surface area contributed by atoms with E-state index in [1.54, 1.807) is 68.1 Å². The molecule has 4 aromatic carbocycles. The molecule has 4 rings (SSSR count). The first-order valence-electron chi connectivity index (χ1n) is 14.5. The molecular weight excluding hydrogens is 1360 g/mol. The molecule has 0 fully saturated rings. The van der Waals surface area contributed by atoms with Gasteiger partial charge in [0.25, 0.3) is 0 Å². The molecule has 52 heavy (non-hydrogen) atoms. The molecule has 280 valence electrons. The van der Waals surface area contributed by atoms with E-state index in [9.17, 15) is 19.5 Å². The Kier molecular flexibility index (Phi) is 21.3. The topological polar surface area (TPSA) is 223 Å². The molecule has 3 atom stereocenters. The van der Waals surface area contributed by atoms with Crippen molar-refractivity contribution >= 4 is 154 Å². The minimum atomic E-state index is -1.02. The number of aliphatic carboxylic acids is 3. The molecule has 0 bridgehead atoms. The van der Waals surface area contributed by atoms with Gasteiger partial charge in [-0.05, 0) is 152 Å². The van der Waals surface area contributed by atoms with Crippen LogP contribution in [0.15, 0.2) is 78.9 Å². The van der Waals surface area contributed by atoms with Crippen LogP contribution in [0.25, 0.3) is 0 Å². The lowest BCUT2D eigenvalue weighted by molar-refractivity contribution is -0.140. The Bertz CT molecular complexity index is 1780. The van der Waals surface area contributed by atoms with Crippen LogP contribution >= 0.6 is 136 Å². The van der Waals surface area contributed by atoms with Crippen LogP contribution in [0.2, 0.25) is 0 Å². The molecule has 0 saturated heterocycles. The normalized spacial score (nSPS) is 12.3. The van der Waals surface area contributed by atoms with E-state index in [4.69, 9.17) is 36.0 Å². The van der Waals surface area contributed by atoms with Crippen LogP contribution in [0, 0.1) is 10.7 Å². The van der Waals surface area contributed by atoms with E-state index in [2.05, 4.69) is 48.7 Å². The van der Waals surface area contributed by atoms with Crippen LogP contribution in [0.5, 0.6) is 28.7 Å². The number of halogens is 6. The van der Waals surface area contributed by atoms with Gasteiger partial charge in [0.1, 0.15) is 41.1 Å². The predicted octanol–water partition coefficient (Wildman–Crippen LogP) is 7.67. The van der Waals surface area contributed by atoms with Crippen molar-refractivity contribution in [2.75, 3.05) is 0 Å². The van der Waals surface area contributed by atoms with Gasteiger partial charge in [-0.2, -0.15) is 1.33 Å². The molecule has 0 amide bonds. The summed E-state index contributed by atoms with van der Waals surface area (Å²) in [7, 11) is 0. The molecule has 4 aromatic rings. The molecule has 0 saturated carbocycles. The molecule has 13 nitrogen and oxygen atoms in total. The van der Waals surface area contributed by atoms with Gasteiger partial charge in [0, 0.05) is 75.0 Å². The number of ether oxygens (including phenoxy) is 1. The zero-order valence-electron chi connectivity index (χ0n) is 26.5. The molecule has 9 N–H and O–H groups in total. The standard InChI is InChI=1S/C15H12I3NO4.C9H9I2NO3.C9H10INO3/c16-9-6-8(1-2-13(9)20)23-14-10(17)3-7(4-11(14)18)5-12(19)15(21)22;10-12(11)8(9(14)15)5-6-1-3-7(13)4-2-6;10-11-8(9(13)14)5-6-1-3-7(12)4-2-6/h1-4,6,12,20H,5,19H2,(H,21,22);1-4,8,13H,5H2,(H,14,15);1-4,8,11-12H,5H2,(H,13,14)/t12-;;/m0../s1. The number of rotatable bonds is 13. The van der Waals surface area contributed by atoms with E-state index in [1.807, 2.05) is 103 Å². The van der Waals surface area contributed by atoms with Crippen LogP contribution in [0.1, 0.15) is 16.7 Å². The number of carboxylic acid groups (broad SMARTS) is 3. The van der Waals surface area contributed by atoms with E-state index < -0.39 is 36.0 Å². The largest absolute Gasteiger partial charge is 0.508 e. The van der Waals surface area contributed by atoms with Gasteiger partial charge in [0.15, 0.2) is 5.75 Å². The van der Waals surface area contributed by atoms with Crippen LogP contribution in [0.4, 0.5) is 0 Å². The Morgan fingerprint density at radius 3 is 1.58 bits per heavy atom. The van der Waals surface area contributed by atoms with Gasteiger partial charge in [-0.15, -0.1) is 0 Å². The van der Waals surface area contributed by atoms with Gasteiger partial charge >= 0.3 is 17.9 Å². The summed E-state index contributed by atoms with van der Waals surface area (Å²) in [6.45, 7) is 0. The highest BCUT2D eigenvalue weighted by molar-refractivity contribution is 14.2. The van der Waals surface area contributed by atoms with Crippen molar-refractivity contribution in [2.24, 2.45) is 5.73 Å². The SMILES string of the molecule is N[C@@H](Cc1cc(I)c(Oc2ccc(O)c(I)c2)c(I)c1)C(=O)O.O=C(O)C(Cc1ccc(O)cc1)N(I)I.O=C(O)C(Cc1ccc(O)cc1)NI. The number of hydrogen-bond donors (Lipinski definition) is 8. The fourth-order valence-electron chi connectivity index (χ4n) is 3.97. The molecule has 2 unspecified atom stereocenters. The van der Waals surface area contributed by atoms with Crippen molar-refractivity contribution in [3.8, 4) is 28.7 Å². The summed E-state index contributed by atoms with van der Waals surface area (Å²) in [5, 5.41) is 54.3. The van der Waals surface area contributed by atoms with Crippen molar-refractivity contribution < 1.29 is 49.8 Å². The second-order valence-corrected chi connectivity index (χ2v) is 18.6. The Morgan fingerprint density at radius 2 is 1.17 bits per heavy atom. The Balaban J connectivity index is 0.000000283. The fraction of sp³-hybridized carbons (Fsp3) is 0.182. The Morgan fingerprint density at radius 1 is 0.673 bits per heavy atom. The van der Waals surface area contributed by atoms with Crippen molar-refractivity contribution in [1.29, 1.82) is 0 Å². The second kappa shape index (κ2) is 23.6. The van der Waals surface area contributed by atoms with Gasteiger partial charge in [0.05, 0.1) is 10.7 Å². The number of benzene rings is 4. The highest BCUT2D eigenvalue weighted by atomic mass is 127. The molecule has 19 heteroatoms. The lowest BCUT2D eigenvalue weighted by Gasteiger charge is -2.15. The third-order valence-corrected chi connectivity index (χ3v) is 11.2. The van der Waals surface area contributed by atoms with Gasteiger partial charge in [-0.3, -0.25) is 14.4 Å². The lowest BCUT2D eigenvalue weighted by Crippen LogP contribution is -2.32. The number of nitrogens with two attached hydrogens (primary N) is 1. The molecule has 0 aliphatic heterocycles. The highest BCUT2D eigenvalue weighted by Gasteiger charge is 2.22. The van der Waals surface area contributed by atoms with Crippen LogP contribution in [-0.4, -0.2) is 68.0 Å². The van der Waals surface area contributed by atoms with Crippen molar-refractivity contribution in [1.82, 2.24) is 4.86 Å². The molecule has 0 spiro atoms. The zero-order chi connectivity index (χ0) is 39.1. The average Bonchev–Trinajstić information content (AvgIpc) is 3.07. The van der Waals surface area contributed by atoms with Crippen molar-refractivity contribution in [3.05, 3.63) is 106 Å². The minimum absolute atomic E-state index is 0.183. The van der Waals surface area contributed by atoms with Crippen LogP contribution in [-0.2, 0) is 33.6 Å². The van der Waals surface area contributed by atoms with Gasteiger partial charge in [0.2, 0.25) is 0 Å². The van der Waals surface area contributed by atoms with E-state index >= 15 is 0 Å². The zero-order valence-corrected chi connectivity index (χ0v) is 39.4. The number of hydrogen-bond acceptors (Lipinski definition) is 10. The van der Waals surface area contributed by atoms with E-state index in [0.717, 1.165) is 23.8 Å². The third-order valence-electron chi connectivity index (χ3n) is 6.66. The molecule has 0 aliphatic carbocycles. The number of nitrogens with one attached hydrogen (secondary N) is 1. The van der Waals surface area contributed by atoms with Crippen LogP contribution in [0.3, 0.4) is 0 Å². The fourth-order valence-corrected chi connectivity index (χ4v) is 7.93. The first-order valence-corrected chi connectivity index (χ1v) is 20.8. The van der Waals surface area contributed by atoms with Crippen molar-refractivity contribution in [2.45, 2.75) is 37.4 Å². The highest BCUT2D eigenvalue weighted by Crippen LogP contribution is 2.35. The first-order chi connectivity index (χ1) is 24.4. The maximum atomic E-state index is 10.9. The smallest absolute Gasteiger partial charge is 0.322 e. The third kappa shape index (κ3) is 16.6. The van der Waals surface area contributed by atoms with Crippen molar-refractivity contribution in [3.63, 3.8) is 0 Å². The molecular formula is C33H31I6N3O10. The quantitative estimate of drug-likeness (QED) is 0.0476. The summed E-state index contributed by atoms with van der Waals surface area (Å²) in [6, 6.07) is 19.7.